The largest absolute Gasteiger partial charge is 0.326 e. The van der Waals surface area contributed by atoms with E-state index in [2.05, 4.69) is 23.7 Å². The Balaban J connectivity index is 1.58. The van der Waals surface area contributed by atoms with Crippen LogP contribution in [0.3, 0.4) is 0 Å². The third-order valence-electron chi connectivity index (χ3n) is 3.56. The van der Waals surface area contributed by atoms with Gasteiger partial charge in [-0.2, -0.15) is 0 Å². The average Bonchev–Trinajstić information content (AvgIpc) is 2.56. The highest BCUT2D eigenvalue weighted by Gasteiger charge is 1.99. The molecule has 0 spiro atoms. The first kappa shape index (κ1) is 17.8. The molecule has 122 valence electrons. The number of unbranched alkanes of at least 4 members (excludes halogenated alkanes) is 3. The Morgan fingerprint density at radius 2 is 1.87 bits per heavy atom. The summed E-state index contributed by atoms with van der Waals surface area (Å²) in [6.45, 7) is 4.87. The summed E-state index contributed by atoms with van der Waals surface area (Å²) in [4.78, 5) is 15.4. The summed E-state index contributed by atoms with van der Waals surface area (Å²) in [7, 11) is 0. The minimum absolute atomic E-state index is 0.118. The summed E-state index contributed by atoms with van der Waals surface area (Å²) < 4.78 is 2.17. The van der Waals surface area contributed by atoms with Crippen molar-refractivity contribution >= 4 is 28.9 Å². The zero-order valence-corrected chi connectivity index (χ0v) is 14.8. The first-order chi connectivity index (χ1) is 11.2. The Labute approximate surface area is 146 Å². The van der Waals surface area contributed by atoms with Crippen molar-refractivity contribution in [2.75, 3.05) is 5.75 Å². The highest BCUT2D eigenvalue weighted by molar-refractivity contribution is 8.08. The van der Waals surface area contributed by atoms with Gasteiger partial charge in [-0.05, 0) is 30.2 Å². The van der Waals surface area contributed by atoms with Gasteiger partial charge in [0.1, 0.15) is 4.64 Å². The molecule has 0 aliphatic carbocycles. The van der Waals surface area contributed by atoms with E-state index >= 15 is 0 Å². The van der Waals surface area contributed by atoms with Crippen LogP contribution in [0.2, 0.25) is 0 Å². The van der Waals surface area contributed by atoms with Crippen LogP contribution < -0.4 is 5.69 Å². The first-order valence-electron chi connectivity index (χ1n) is 7.84. The van der Waals surface area contributed by atoms with Gasteiger partial charge in [0.05, 0.1) is 0 Å². The number of benzene rings is 1. The molecule has 5 heteroatoms. The number of hydrogen-bond donors (Lipinski definition) is 1. The topological polar surface area (TPSA) is 37.8 Å². The molecule has 0 saturated carbocycles. The van der Waals surface area contributed by atoms with E-state index in [-0.39, 0.29) is 5.69 Å². The minimum Gasteiger partial charge on any atom is -0.301 e. The smallest absolute Gasteiger partial charge is 0.301 e. The number of aryl methyl sites for hydroxylation is 1. The summed E-state index contributed by atoms with van der Waals surface area (Å²) in [6, 6.07) is 12.0. The molecule has 0 unspecified atom stereocenters. The molecular formula is C18H22N2OS2. The second kappa shape index (κ2) is 9.53. The van der Waals surface area contributed by atoms with Crippen LogP contribution in [-0.2, 0) is 6.54 Å². The Morgan fingerprint density at radius 3 is 2.61 bits per heavy atom. The van der Waals surface area contributed by atoms with Gasteiger partial charge in [0.2, 0.25) is 0 Å². The molecule has 23 heavy (non-hydrogen) atoms. The van der Waals surface area contributed by atoms with E-state index in [9.17, 15) is 4.79 Å². The highest BCUT2D eigenvalue weighted by Crippen LogP contribution is 2.26. The van der Waals surface area contributed by atoms with Crippen molar-refractivity contribution in [2.24, 2.45) is 0 Å². The molecule has 0 radical (unpaired) electrons. The van der Waals surface area contributed by atoms with Gasteiger partial charge in [-0.25, -0.2) is 4.79 Å². The predicted octanol–water partition coefficient (Wildman–Crippen LogP) is 4.87. The van der Waals surface area contributed by atoms with Crippen LogP contribution in [0, 0.1) is 4.64 Å². The number of thioether (sulfide) groups is 1. The lowest BCUT2D eigenvalue weighted by Crippen LogP contribution is -2.22. The Bertz CT molecular complexity index is 734. The van der Waals surface area contributed by atoms with Gasteiger partial charge in [0.25, 0.3) is 0 Å². The number of hydrogen-bond acceptors (Lipinski definition) is 3. The van der Waals surface area contributed by atoms with Crippen molar-refractivity contribution in [3.63, 3.8) is 0 Å². The molecule has 0 saturated heterocycles. The van der Waals surface area contributed by atoms with E-state index in [0.29, 0.717) is 4.64 Å². The predicted molar refractivity (Wildman–Crippen MR) is 102 cm³/mol. The lowest BCUT2D eigenvalue weighted by Gasteiger charge is -2.06. The molecule has 2 aromatic rings. The molecule has 1 N–H and O–H groups in total. The lowest BCUT2D eigenvalue weighted by atomic mass is 10.2. The van der Waals surface area contributed by atoms with Crippen molar-refractivity contribution in [3.05, 3.63) is 69.9 Å². The van der Waals surface area contributed by atoms with Gasteiger partial charge in [0, 0.05) is 17.6 Å². The van der Waals surface area contributed by atoms with Crippen molar-refractivity contribution in [2.45, 2.75) is 32.2 Å². The fraction of sp³-hybridized carbons (Fsp3) is 0.333. The van der Waals surface area contributed by atoms with Crippen molar-refractivity contribution in [1.29, 1.82) is 0 Å². The maximum absolute atomic E-state index is 11.6. The van der Waals surface area contributed by atoms with E-state index in [0.717, 1.165) is 30.0 Å². The molecule has 0 aliphatic heterocycles. The van der Waals surface area contributed by atoms with Gasteiger partial charge < -0.3 is 4.57 Å². The van der Waals surface area contributed by atoms with Crippen LogP contribution in [0.15, 0.2) is 54.0 Å². The van der Waals surface area contributed by atoms with Crippen molar-refractivity contribution in [3.8, 4) is 0 Å². The first-order valence-corrected chi connectivity index (χ1v) is 9.23. The second-order valence-electron chi connectivity index (χ2n) is 5.36. The minimum atomic E-state index is -0.118. The molecule has 1 aromatic heterocycles. The monoisotopic (exact) mass is 346 g/mol. The summed E-state index contributed by atoms with van der Waals surface area (Å²) >= 11 is 6.74. The van der Waals surface area contributed by atoms with Crippen LogP contribution in [0.25, 0.3) is 4.91 Å². The zero-order valence-electron chi connectivity index (χ0n) is 13.2. The Hall–Kier alpha value is -1.59. The van der Waals surface area contributed by atoms with Crippen molar-refractivity contribution in [1.82, 2.24) is 9.55 Å². The summed E-state index contributed by atoms with van der Waals surface area (Å²) in [5.41, 5.74) is 1.09. The molecule has 0 aliphatic rings. The number of H-pyrrole nitrogens is 1. The summed E-state index contributed by atoms with van der Waals surface area (Å²) in [6.07, 6.45) is 6.24. The molecule has 2 rings (SSSR count). The maximum Gasteiger partial charge on any atom is 0.326 e. The second-order valence-corrected chi connectivity index (χ2v) is 6.98. The molecular weight excluding hydrogens is 324 g/mol. The number of aromatic nitrogens is 2. The van der Waals surface area contributed by atoms with E-state index in [1.54, 1.807) is 16.8 Å². The van der Waals surface area contributed by atoms with E-state index in [1.165, 1.54) is 18.4 Å². The Morgan fingerprint density at radius 1 is 1.13 bits per heavy atom. The molecule has 3 nitrogen and oxygen atoms in total. The Kier molecular flexibility index (Phi) is 7.36. The van der Waals surface area contributed by atoms with E-state index in [4.69, 9.17) is 12.2 Å². The molecule has 0 fully saturated rings. The van der Waals surface area contributed by atoms with Crippen LogP contribution in [0.1, 0.15) is 31.2 Å². The van der Waals surface area contributed by atoms with Gasteiger partial charge in [0.15, 0.2) is 0 Å². The van der Waals surface area contributed by atoms with E-state index < -0.39 is 0 Å². The zero-order chi connectivity index (χ0) is 16.5. The third-order valence-corrected chi connectivity index (χ3v) is 4.88. The number of aromatic amines is 1. The molecule has 0 amide bonds. The van der Waals surface area contributed by atoms with E-state index in [1.807, 2.05) is 30.0 Å². The molecule has 0 bridgehead atoms. The normalized spacial score (nSPS) is 10.6. The van der Waals surface area contributed by atoms with Crippen LogP contribution in [0.4, 0.5) is 0 Å². The fourth-order valence-electron chi connectivity index (χ4n) is 2.26. The quantitative estimate of drug-likeness (QED) is 0.520. The van der Waals surface area contributed by atoms with Gasteiger partial charge in [-0.3, -0.25) is 4.98 Å². The van der Waals surface area contributed by atoms with Crippen LogP contribution in [-0.4, -0.2) is 15.3 Å². The number of nitrogens with one attached hydrogen (secondary N) is 1. The third kappa shape index (κ3) is 6.20. The standard InChI is InChI=1S/C18H22N2OS2/c1-15(16-9-5-4-6-10-16)23-14-8-3-2-7-12-20-13-11-17(22)19-18(20)21/h4-6,9-11,13H,1-3,7-8,12,14H2,(H,19,21,22). The van der Waals surface area contributed by atoms with Gasteiger partial charge in [-0.15, -0.1) is 11.8 Å². The lowest BCUT2D eigenvalue weighted by molar-refractivity contribution is 0.562. The summed E-state index contributed by atoms with van der Waals surface area (Å²) in [5, 5.41) is 0. The van der Waals surface area contributed by atoms with Crippen LogP contribution >= 0.6 is 24.0 Å². The molecule has 1 heterocycles. The van der Waals surface area contributed by atoms with Gasteiger partial charge >= 0.3 is 5.69 Å². The van der Waals surface area contributed by atoms with Gasteiger partial charge in [-0.1, -0.05) is 62.0 Å². The van der Waals surface area contributed by atoms with Crippen molar-refractivity contribution < 1.29 is 0 Å². The number of nitrogens with zero attached hydrogens (tertiary/aromatic N) is 1. The van der Waals surface area contributed by atoms with Crippen LogP contribution in [0.5, 0.6) is 0 Å². The fourth-order valence-corrected chi connectivity index (χ4v) is 3.31. The highest BCUT2D eigenvalue weighted by atomic mass is 32.2. The SMILES string of the molecule is C=C(SCCCCCCn1ccc(=S)[nH]c1=O)c1ccccc1. The number of rotatable bonds is 9. The molecule has 1 aromatic carbocycles. The average molecular weight is 347 g/mol. The maximum atomic E-state index is 11.6. The molecule has 0 atom stereocenters. The summed E-state index contributed by atoms with van der Waals surface area (Å²) in [5.74, 6) is 1.09.